The largest absolute Gasteiger partial charge is 0.352 e. The van der Waals surface area contributed by atoms with E-state index in [1.54, 1.807) is 49.4 Å². The Labute approximate surface area is 244 Å². The number of nitro benzene ring substituents is 1. The molecule has 1 atom stereocenters. The first-order valence-corrected chi connectivity index (χ1v) is 15.0. The number of anilines is 1. The van der Waals surface area contributed by atoms with Crippen LogP contribution in [0.15, 0.2) is 83.8 Å². The van der Waals surface area contributed by atoms with Gasteiger partial charge in [0.05, 0.1) is 15.5 Å². The summed E-state index contributed by atoms with van der Waals surface area (Å²) in [7, 11) is -4.27. The Bertz CT molecular complexity index is 1500. The summed E-state index contributed by atoms with van der Waals surface area (Å²) in [6.07, 6.45) is 3.77. The number of nitrogens with zero attached hydrogens (tertiary/aromatic N) is 3. The molecule has 216 valence electrons. The maximum Gasteiger partial charge on any atom is 0.269 e. The summed E-state index contributed by atoms with van der Waals surface area (Å²) in [6.45, 7) is 0.976. The molecule has 12 heteroatoms. The lowest BCUT2D eigenvalue weighted by Crippen LogP contribution is -2.52. The molecule has 0 aliphatic heterocycles. The number of rotatable bonds is 11. The molecule has 3 aromatic carbocycles. The molecular formula is C29H31ClN4O6S. The number of nitro groups is 1. The van der Waals surface area contributed by atoms with Gasteiger partial charge in [0, 0.05) is 29.7 Å². The second-order valence-electron chi connectivity index (χ2n) is 9.92. The predicted molar refractivity (Wildman–Crippen MR) is 156 cm³/mol. The van der Waals surface area contributed by atoms with Crippen LogP contribution in [0.2, 0.25) is 5.02 Å². The van der Waals surface area contributed by atoms with E-state index in [0.717, 1.165) is 30.0 Å². The lowest BCUT2D eigenvalue weighted by Gasteiger charge is -2.32. The van der Waals surface area contributed by atoms with Crippen LogP contribution in [0.25, 0.3) is 0 Å². The van der Waals surface area contributed by atoms with Crippen LogP contribution in [0, 0.1) is 10.1 Å². The first-order valence-electron chi connectivity index (χ1n) is 13.2. The molecule has 1 N–H and O–H groups in total. The molecule has 0 bridgehead atoms. The van der Waals surface area contributed by atoms with Gasteiger partial charge in [-0.3, -0.25) is 24.0 Å². The van der Waals surface area contributed by atoms with Crippen LogP contribution >= 0.6 is 11.6 Å². The van der Waals surface area contributed by atoms with Crippen molar-refractivity contribution in [3.05, 3.63) is 99.6 Å². The minimum Gasteiger partial charge on any atom is -0.352 e. The number of carbonyl (C=O) groups is 2. The Morgan fingerprint density at radius 1 is 1.02 bits per heavy atom. The van der Waals surface area contributed by atoms with Gasteiger partial charge >= 0.3 is 0 Å². The van der Waals surface area contributed by atoms with E-state index in [9.17, 15) is 28.1 Å². The van der Waals surface area contributed by atoms with Crippen molar-refractivity contribution >= 4 is 44.8 Å². The molecule has 10 nitrogen and oxygen atoms in total. The molecule has 4 rings (SSSR count). The number of sulfonamides is 1. The first kappa shape index (κ1) is 30.0. The number of benzene rings is 3. The van der Waals surface area contributed by atoms with Crippen molar-refractivity contribution in [2.45, 2.75) is 56.1 Å². The third-order valence-electron chi connectivity index (χ3n) is 7.07. The number of hydrogen-bond donors (Lipinski definition) is 1. The monoisotopic (exact) mass is 598 g/mol. The quantitative estimate of drug-likeness (QED) is 0.246. The zero-order valence-corrected chi connectivity index (χ0v) is 24.1. The number of carbonyl (C=O) groups excluding carboxylic acids is 2. The molecule has 0 aromatic heterocycles. The predicted octanol–water partition coefficient (Wildman–Crippen LogP) is 4.92. The fourth-order valence-corrected chi connectivity index (χ4v) is 6.44. The highest BCUT2D eigenvalue weighted by atomic mass is 35.5. The summed E-state index contributed by atoms with van der Waals surface area (Å²) in [5.74, 6) is -0.961. The van der Waals surface area contributed by atoms with Crippen molar-refractivity contribution in [3.63, 3.8) is 0 Å². The van der Waals surface area contributed by atoms with Crippen LogP contribution in [0.3, 0.4) is 0 Å². The van der Waals surface area contributed by atoms with E-state index in [1.807, 2.05) is 0 Å². The Morgan fingerprint density at radius 3 is 2.29 bits per heavy atom. The average Bonchev–Trinajstić information content (AvgIpc) is 3.47. The van der Waals surface area contributed by atoms with Gasteiger partial charge in [-0.25, -0.2) is 8.42 Å². The summed E-state index contributed by atoms with van der Waals surface area (Å²) in [4.78, 5) is 39.1. The molecule has 0 radical (unpaired) electrons. The van der Waals surface area contributed by atoms with Gasteiger partial charge in [0.25, 0.3) is 15.7 Å². The second kappa shape index (κ2) is 13.1. The minimum absolute atomic E-state index is 0.0120. The van der Waals surface area contributed by atoms with Gasteiger partial charge in [-0.05, 0) is 61.7 Å². The topological polar surface area (TPSA) is 130 Å². The summed E-state index contributed by atoms with van der Waals surface area (Å²) in [5, 5.41) is 14.7. The summed E-state index contributed by atoms with van der Waals surface area (Å²) < 4.78 is 28.4. The van der Waals surface area contributed by atoms with Crippen molar-refractivity contribution < 1.29 is 22.9 Å². The number of nitrogens with one attached hydrogen (secondary N) is 1. The number of halogens is 1. The highest BCUT2D eigenvalue weighted by molar-refractivity contribution is 7.92. The summed E-state index contributed by atoms with van der Waals surface area (Å²) in [6, 6.07) is 18.5. The lowest BCUT2D eigenvalue weighted by atomic mass is 10.1. The Hall–Kier alpha value is -3.96. The Balaban J connectivity index is 1.69. The lowest BCUT2D eigenvalue weighted by molar-refractivity contribution is -0.384. The zero-order chi connectivity index (χ0) is 29.6. The Morgan fingerprint density at radius 2 is 1.68 bits per heavy atom. The standard InChI is InChI=1S/C29H31ClN4O6S/c1-21(29(36)31-24-10-5-6-11-24)32(19-22-8-7-9-23(30)18-22)28(35)20-33(25-14-16-26(17-15-25)34(37)38)41(39,40)27-12-3-2-4-13-27/h2-4,7-9,12-18,21,24H,5-6,10-11,19-20H2,1H3,(H,31,36)/t21-/m1/s1. The van der Waals surface area contributed by atoms with Crippen molar-refractivity contribution in [2.75, 3.05) is 10.8 Å². The van der Waals surface area contributed by atoms with Gasteiger partial charge in [-0.15, -0.1) is 0 Å². The molecule has 0 heterocycles. The van der Waals surface area contributed by atoms with E-state index in [0.29, 0.717) is 10.6 Å². The van der Waals surface area contributed by atoms with Crippen LogP contribution < -0.4 is 9.62 Å². The molecule has 41 heavy (non-hydrogen) atoms. The molecule has 1 fully saturated rings. The third-order valence-corrected chi connectivity index (χ3v) is 9.09. The van der Waals surface area contributed by atoms with E-state index >= 15 is 0 Å². The normalized spacial score (nSPS) is 14.3. The highest BCUT2D eigenvalue weighted by Gasteiger charge is 2.33. The third kappa shape index (κ3) is 7.42. The molecule has 2 amide bonds. The molecular weight excluding hydrogens is 568 g/mol. The second-order valence-corrected chi connectivity index (χ2v) is 12.2. The van der Waals surface area contributed by atoms with Crippen LogP contribution in [0.1, 0.15) is 38.2 Å². The zero-order valence-electron chi connectivity index (χ0n) is 22.5. The molecule has 0 unspecified atom stereocenters. The number of non-ortho nitro benzene ring substituents is 1. The van der Waals surface area contributed by atoms with Crippen LogP contribution in [-0.4, -0.2) is 48.7 Å². The van der Waals surface area contributed by atoms with Gasteiger partial charge in [-0.1, -0.05) is 54.8 Å². The van der Waals surface area contributed by atoms with Crippen molar-refractivity contribution in [2.24, 2.45) is 0 Å². The van der Waals surface area contributed by atoms with Gasteiger partial charge in [0.1, 0.15) is 12.6 Å². The van der Waals surface area contributed by atoms with Gasteiger partial charge in [-0.2, -0.15) is 0 Å². The minimum atomic E-state index is -4.27. The highest BCUT2D eigenvalue weighted by Crippen LogP contribution is 2.27. The van der Waals surface area contributed by atoms with E-state index in [-0.39, 0.29) is 34.8 Å². The summed E-state index contributed by atoms with van der Waals surface area (Å²) >= 11 is 6.17. The van der Waals surface area contributed by atoms with Crippen LogP contribution in [0.5, 0.6) is 0 Å². The van der Waals surface area contributed by atoms with Crippen molar-refractivity contribution in [1.29, 1.82) is 0 Å². The maximum atomic E-state index is 14.0. The van der Waals surface area contributed by atoms with E-state index < -0.39 is 33.4 Å². The average molecular weight is 599 g/mol. The fraction of sp³-hybridized carbons (Fsp3) is 0.310. The molecule has 1 aliphatic carbocycles. The molecule has 1 saturated carbocycles. The molecule has 3 aromatic rings. The Kier molecular flexibility index (Phi) is 9.61. The van der Waals surface area contributed by atoms with Gasteiger partial charge < -0.3 is 10.2 Å². The van der Waals surface area contributed by atoms with Crippen LogP contribution in [0.4, 0.5) is 11.4 Å². The van der Waals surface area contributed by atoms with Crippen molar-refractivity contribution in [1.82, 2.24) is 10.2 Å². The summed E-state index contributed by atoms with van der Waals surface area (Å²) in [5.41, 5.74) is 0.509. The van der Waals surface area contributed by atoms with E-state index in [1.165, 1.54) is 41.3 Å². The molecule has 0 spiro atoms. The van der Waals surface area contributed by atoms with E-state index in [2.05, 4.69) is 5.32 Å². The van der Waals surface area contributed by atoms with Gasteiger partial charge in [0.15, 0.2) is 0 Å². The smallest absolute Gasteiger partial charge is 0.269 e. The maximum absolute atomic E-state index is 14.0. The first-order chi connectivity index (χ1) is 19.6. The number of amides is 2. The number of hydrogen-bond acceptors (Lipinski definition) is 6. The van der Waals surface area contributed by atoms with Crippen LogP contribution in [-0.2, 0) is 26.2 Å². The molecule has 1 aliphatic rings. The molecule has 0 saturated heterocycles. The van der Waals surface area contributed by atoms with E-state index in [4.69, 9.17) is 11.6 Å². The van der Waals surface area contributed by atoms with Gasteiger partial charge in [0.2, 0.25) is 11.8 Å². The van der Waals surface area contributed by atoms with Crippen molar-refractivity contribution in [3.8, 4) is 0 Å². The SMILES string of the molecule is C[C@H](C(=O)NC1CCCC1)N(Cc1cccc(Cl)c1)C(=O)CN(c1ccc([N+](=O)[O-])cc1)S(=O)(=O)c1ccccc1. The fourth-order valence-electron chi connectivity index (χ4n) is 4.80.